The van der Waals surface area contributed by atoms with Crippen LogP contribution in [0.1, 0.15) is 24.5 Å². The predicted octanol–water partition coefficient (Wildman–Crippen LogP) is 3.25. The van der Waals surface area contributed by atoms with Crippen molar-refractivity contribution in [1.29, 1.82) is 0 Å². The molecule has 17 heavy (non-hydrogen) atoms. The van der Waals surface area contributed by atoms with Gasteiger partial charge in [-0.25, -0.2) is 4.98 Å². The van der Waals surface area contributed by atoms with Crippen LogP contribution in [-0.2, 0) is 12.3 Å². The first kappa shape index (κ1) is 13.7. The number of hydrogen-bond acceptors (Lipinski definition) is 4. The van der Waals surface area contributed by atoms with E-state index in [1.165, 1.54) is 23.8 Å². The fourth-order valence-corrected chi connectivity index (χ4v) is 4.28. The lowest BCUT2D eigenvalue weighted by atomic mass is 10.2. The summed E-state index contributed by atoms with van der Waals surface area (Å²) in [6.07, 6.45) is 1.06. The quantitative estimate of drug-likeness (QED) is 0.792. The molecule has 0 amide bonds. The summed E-state index contributed by atoms with van der Waals surface area (Å²) in [6.45, 7) is 8.18. The smallest absolute Gasteiger partial charge is 0.0941 e. The molecule has 1 aliphatic rings. The van der Waals surface area contributed by atoms with Crippen LogP contribution < -0.4 is 0 Å². The standard InChI is InChI=1S/C12H19ClN2S2/c1-12(2)9-15(5-6-17-12)4-3-11-14-10(7-13)8-16-11/h8H,3-7,9H2,1-2H3. The zero-order valence-electron chi connectivity index (χ0n) is 10.4. The third-order valence-corrected chi connectivity index (χ3v) is 5.41. The minimum atomic E-state index is 0.405. The van der Waals surface area contributed by atoms with Gasteiger partial charge >= 0.3 is 0 Å². The third kappa shape index (κ3) is 4.12. The van der Waals surface area contributed by atoms with Crippen molar-refractivity contribution in [2.24, 2.45) is 0 Å². The SMILES string of the molecule is CC1(C)CN(CCc2nc(CCl)cs2)CCS1. The molecule has 2 rings (SSSR count). The molecule has 96 valence electrons. The lowest BCUT2D eigenvalue weighted by molar-refractivity contribution is 0.263. The average molecular weight is 291 g/mol. The Hall–Kier alpha value is 0.230. The van der Waals surface area contributed by atoms with Gasteiger partial charge < -0.3 is 4.90 Å². The van der Waals surface area contributed by atoms with Crippen molar-refractivity contribution in [3.63, 3.8) is 0 Å². The highest BCUT2D eigenvalue weighted by atomic mass is 35.5. The number of halogens is 1. The molecular formula is C12H19ClN2S2. The number of hydrogen-bond donors (Lipinski definition) is 0. The monoisotopic (exact) mass is 290 g/mol. The van der Waals surface area contributed by atoms with Gasteiger partial charge in [0.05, 0.1) is 16.6 Å². The lowest BCUT2D eigenvalue weighted by Gasteiger charge is -2.37. The Morgan fingerprint density at radius 3 is 3.00 bits per heavy atom. The molecule has 0 aliphatic carbocycles. The van der Waals surface area contributed by atoms with Crippen LogP contribution in [0.5, 0.6) is 0 Å². The summed E-state index contributed by atoms with van der Waals surface area (Å²) in [5.41, 5.74) is 1.01. The average Bonchev–Trinajstić information content (AvgIpc) is 2.73. The molecule has 1 aromatic heterocycles. The van der Waals surface area contributed by atoms with Gasteiger partial charge in [-0.1, -0.05) is 0 Å². The van der Waals surface area contributed by atoms with Crippen molar-refractivity contribution in [2.45, 2.75) is 30.9 Å². The van der Waals surface area contributed by atoms with Crippen LogP contribution >= 0.6 is 34.7 Å². The Kier molecular flexibility index (Phi) is 4.75. The maximum atomic E-state index is 5.76. The Balaban J connectivity index is 1.81. The van der Waals surface area contributed by atoms with E-state index in [2.05, 4.69) is 40.9 Å². The van der Waals surface area contributed by atoms with E-state index in [-0.39, 0.29) is 0 Å². The molecule has 0 aromatic carbocycles. The van der Waals surface area contributed by atoms with Gasteiger partial charge in [0.15, 0.2) is 0 Å². The summed E-state index contributed by atoms with van der Waals surface area (Å²) in [5.74, 6) is 1.78. The highest BCUT2D eigenvalue weighted by Crippen LogP contribution is 2.29. The van der Waals surface area contributed by atoms with Crippen LogP contribution in [0.15, 0.2) is 5.38 Å². The molecule has 0 atom stereocenters. The number of nitrogens with zero attached hydrogens (tertiary/aromatic N) is 2. The van der Waals surface area contributed by atoms with Crippen LogP contribution in [0.4, 0.5) is 0 Å². The van der Waals surface area contributed by atoms with Crippen molar-refractivity contribution in [2.75, 3.05) is 25.4 Å². The highest BCUT2D eigenvalue weighted by molar-refractivity contribution is 8.00. The summed E-state index contributed by atoms with van der Waals surface area (Å²) in [4.78, 5) is 7.06. The number of rotatable bonds is 4. The first-order valence-electron chi connectivity index (χ1n) is 5.95. The van der Waals surface area contributed by atoms with E-state index in [4.69, 9.17) is 11.6 Å². The Labute approximate surface area is 117 Å². The summed E-state index contributed by atoms with van der Waals surface area (Å²) in [7, 11) is 0. The van der Waals surface area contributed by atoms with Crippen LogP contribution in [0, 0.1) is 0 Å². The van der Waals surface area contributed by atoms with Gasteiger partial charge in [-0.2, -0.15) is 11.8 Å². The molecule has 1 aromatic rings. The van der Waals surface area contributed by atoms with E-state index in [0.29, 0.717) is 10.6 Å². The summed E-state index contributed by atoms with van der Waals surface area (Å²) >= 11 is 9.57. The zero-order valence-corrected chi connectivity index (χ0v) is 12.8. The molecule has 2 heterocycles. The molecule has 0 unspecified atom stereocenters. The van der Waals surface area contributed by atoms with E-state index in [9.17, 15) is 0 Å². The lowest BCUT2D eigenvalue weighted by Crippen LogP contribution is -2.43. The molecule has 0 spiro atoms. The first-order chi connectivity index (χ1) is 8.09. The van der Waals surface area contributed by atoms with Gasteiger partial charge in [-0.15, -0.1) is 22.9 Å². The van der Waals surface area contributed by atoms with E-state index in [0.717, 1.165) is 18.7 Å². The predicted molar refractivity (Wildman–Crippen MR) is 78.4 cm³/mol. The van der Waals surface area contributed by atoms with E-state index < -0.39 is 0 Å². The van der Waals surface area contributed by atoms with Crippen LogP contribution in [0.3, 0.4) is 0 Å². The fourth-order valence-electron chi connectivity index (χ4n) is 2.08. The Bertz CT molecular complexity index is 365. The summed E-state index contributed by atoms with van der Waals surface area (Å²) < 4.78 is 0.405. The van der Waals surface area contributed by atoms with E-state index in [1.807, 2.05) is 0 Å². The Morgan fingerprint density at radius 2 is 2.35 bits per heavy atom. The molecule has 0 N–H and O–H groups in total. The van der Waals surface area contributed by atoms with Crippen molar-refractivity contribution >= 4 is 34.7 Å². The van der Waals surface area contributed by atoms with Gasteiger partial charge in [0.1, 0.15) is 0 Å². The number of thiazole rings is 1. The van der Waals surface area contributed by atoms with Crippen molar-refractivity contribution in [1.82, 2.24) is 9.88 Å². The van der Waals surface area contributed by atoms with E-state index in [1.54, 1.807) is 11.3 Å². The molecule has 0 saturated carbocycles. The van der Waals surface area contributed by atoms with Crippen molar-refractivity contribution < 1.29 is 0 Å². The van der Waals surface area contributed by atoms with Gasteiger partial charge in [-0.3, -0.25) is 0 Å². The van der Waals surface area contributed by atoms with Gasteiger partial charge in [0.2, 0.25) is 0 Å². The Morgan fingerprint density at radius 1 is 1.53 bits per heavy atom. The van der Waals surface area contributed by atoms with Gasteiger partial charge in [0, 0.05) is 41.9 Å². The van der Waals surface area contributed by atoms with Crippen LogP contribution in [0.2, 0.25) is 0 Å². The first-order valence-corrected chi connectivity index (χ1v) is 8.34. The molecule has 0 radical (unpaired) electrons. The molecule has 5 heteroatoms. The largest absolute Gasteiger partial charge is 0.301 e. The molecule has 0 bridgehead atoms. The molecular weight excluding hydrogens is 272 g/mol. The second-order valence-corrected chi connectivity index (χ2v) is 8.01. The zero-order chi connectivity index (χ0) is 12.3. The summed E-state index contributed by atoms with van der Waals surface area (Å²) in [5, 5.41) is 3.29. The third-order valence-electron chi connectivity index (χ3n) is 2.88. The molecule has 2 nitrogen and oxygen atoms in total. The van der Waals surface area contributed by atoms with Crippen molar-refractivity contribution in [3.05, 3.63) is 16.1 Å². The fraction of sp³-hybridized carbons (Fsp3) is 0.750. The van der Waals surface area contributed by atoms with E-state index >= 15 is 0 Å². The number of aromatic nitrogens is 1. The highest BCUT2D eigenvalue weighted by Gasteiger charge is 2.26. The molecule has 1 fully saturated rings. The van der Waals surface area contributed by atoms with Crippen LogP contribution in [0.25, 0.3) is 0 Å². The maximum absolute atomic E-state index is 5.76. The number of thioether (sulfide) groups is 1. The van der Waals surface area contributed by atoms with Crippen molar-refractivity contribution in [3.8, 4) is 0 Å². The van der Waals surface area contributed by atoms with Gasteiger partial charge in [-0.05, 0) is 13.8 Å². The molecule has 1 aliphatic heterocycles. The minimum absolute atomic E-state index is 0.405. The summed E-state index contributed by atoms with van der Waals surface area (Å²) in [6, 6.07) is 0. The normalized spacial score (nSPS) is 20.6. The minimum Gasteiger partial charge on any atom is -0.301 e. The topological polar surface area (TPSA) is 16.1 Å². The second kappa shape index (κ2) is 5.91. The molecule has 1 saturated heterocycles. The maximum Gasteiger partial charge on any atom is 0.0941 e. The number of alkyl halides is 1. The second-order valence-electron chi connectivity index (χ2n) is 5.00. The van der Waals surface area contributed by atoms with Crippen LogP contribution in [-0.4, -0.2) is 40.0 Å². The van der Waals surface area contributed by atoms with Gasteiger partial charge in [0.25, 0.3) is 0 Å².